The Balaban J connectivity index is 2.15. The number of aliphatic hydroxyl groups excluding tert-OH is 1. The predicted octanol–water partition coefficient (Wildman–Crippen LogP) is 2.98. The second-order valence-corrected chi connectivity index (χ2v) is 7.02. The summed E-state index contributed by atoms with van der Waals surface area (Å²) >= 11 is 0. The number of likely N-dealkylation sites (tertiary alicyclic amines) is 1. The molecule has 9 heteroatoms. The molecule has 0 saturated carbocycles. The van der Waals surface area contributed by atoms with Gasteiger partial charge in [-0.2, -0.15) is 0 Å². The van der Waals surface area contributed by atoms with Gasteiger partial charge in [0, 0.05) is 31.4 Å². The summed E-state index contributed by atoms with van der Waals surface area (Å²) in [6.07, 6.45) is 0. The number of nitro groups is 1. The predicted molar refractivity (Wildman–Crippen MR) is 112 cm³/mol. The zero-order chi connectivity index (χ0) is 22.7. The number of nitro benzene ring substituents is 1. The molecule has 0 aliphatic carbocycles. The number of non-ortho nitro benzene ring substituents is 1. The average molecular weight is 426 g/mol. The second-order valence-electron chi connectivity index (χ2n) is 7.02. The van der Waals surface area contributed by atoms with Gasteiger partial charge < -0.3 is 19.5 Å². The Kier molecular flexibility index (Phi) is 6.36. The lowest BCUT2D eigenvalue weighted by atomic mass is 9.94. The highest BCUT2D eigenvalue weighted by Crippen LogP contribution is 2.40. The lowest BCUT2D eigenvalue weighted by Crippen LogP contribution is -2.32. The average Bonchev–Trinajstić information content (AvgIpc) is 3.01. The molecule has 0 aromatic heterocycles. The van der Waals surface area contributed by atoms with Crippen LogP contribution in [-0.4, -0.2) is 54.0 Å². The molecular formula is C22H22N2O7. The molecule has 0 bridgehead atoms. The van der Waals surface area contributed by atoms with E-state index in [1.165, 1.54) is 43.4 Å². The molecule has 1 unspecified atom stereocenters. The van der Waals surface area contributed by atoms with Gasteiger partial charge in [0.1, 0.15) is 11.5 Å². The van der Waals surface area contributed by atoms with E-state index >= 15 is 0 Å². The number of aryl methyl sites for hydroxylation is 1. The molecule has 9 nitrogen and oxygen atoms in total. The second kappa shape index (κ2) is 8.97. The van der Waals surface area contributed by atoms with Crippen molar-refractivity contribution in [2.24, 2.45) is 0 Å². The zero-order valence-electron chi connectivity index (χ0n) is 17.3. The molecule has 3 rings (SSSR count). The van der Waals surface area contributed by atoms with Crippen LogP contribution in [0.2, 0.25) is 0 Å². The summed E-state index contributed by atoms with van der Waals surface area (Å²) in [5.74, 6) is -1.31. The van der Waals surface area contributed by atoms with Crippen LogP contribution < -0.4 is 4.74 Å². The van der Waals surface area contributed by atoms with Crippen LogP contribution in [0.1, 0.15) is 22.7 Å². The van der Waals surface area contributed by atoms with Crippen LogP contribution in [-0.2, 0) is 14.3 Å². The highest BCUT2D eigenvalue weighted by molar-refractivity contribution is 6.46. The van der Waals surface area contributed by atoms with E-state index in [-0.39, 0.29) is 30.2 Å². The first-order valence-electron chi connectivity index (χ1n) is 9.46. The van der Waals surface area contributed by atoms with Crippen LogP contribution in [0, 0.1) is 17.0 Å². The van der Waals surface area contributed by atoms with E-state index in [0.717, 1.165) is 5.56 Å². The van der Waals surface area contributed by atoms with Crippen molar-refractivity contribution in [3.63, 3.8) is 0 Å². The summed E-state index contributed by atoms with van der Waals surface area (Å²) in [5.41, 5.74) is 1.36. The number of ketones is 1. The van der Waals surface area contributed by atoms with Crippen LogP contribution in [0.4, 0.5) is 5.69 Å². The first kappa shape index (κ1) is 22.0. The quantitative estimate of drug-likeness (QED) is 0.238. The van der Waals surface area contributed by atoms with Crippen molar-refractivity contribution in [1.29, 1.82) is 0 Å². The Morgan fingerprint density at radius 3 is 2.39 bits per heavy atom. The maximum atomic E-state index is 12.9. The molecule has 1 heterocycles. The van der Waals surface area contributed by atoms with E-state index < -0.39 is 22.7 Å². The fourth-order valence-electron chi connectivity index (χ4n) is 3.61. The number of Topliss-reactive ketones (excluding diaryl/α,β-unsaturated/α-hetero) is 1. The van der Waals surface area contributed by atoms with Gasteiger partial charge >= 0.3 is 0 Å². The van der Waals surface area contributed by atoms with Crippen molar-refractivity contribution in [1.82, 2.24) is 4.90 Å². The van der Waals surface area contributed by atoms with Crippen molar-refractivity contribution in [3.8, 4) is 5.75 Å². The maximum Gasteiger partial charge on any atom is 0.295 e. The standard InChI is InChI=1S/C22H22N2O7/c1-13-12-15(6-9-17(13)31-3)20(25)18-19(14-4-7-16(8-5-14)24(28)29)23(10-11-30-2)22(27)21(18)26/h4-9,12,19,25H,10-11H2,1-3H3. The van der Waals surface area contributed by atoms with Gasteiger partial charge in [-0.15, -0.1) is 0 Å². The number of rotatable bonds is 7. The molecule has 1 aliphatic heterocycles. The van der Waals surface area contributed by atoms with Crippen LogP contribution in [0.5, 0.6) is 5.75 Å². The lowest BCUT2D eigenvalue weighted by molar-refractivity contribution is -0.384. The van der Waals surface area contributed by atoms with Crippen molar-refractivity contribution < 1.29 is 29.1 Å². The highest BCUT2D eigenvalue weighted by Gasteiger charge is 2.46. The number of aliphatic hydroxyl groups is 1. The molecule has 2 aromatic rings. The SMILES string of the molecule is COCCN1C(=O)C(=O)C(=C(O)c2ccc(OC)c(C)c2)C1c1ccc([N+](=O)[O-])cc1. The Morgan fingerprint density at radius 1 is 1.16 bits per heavy atom. The summed E-state index contributed by atoms with van der Waals surface area (Å²) in [6.45, 7) is 2.08. The number of nitrogens with zero attached hydrogens (tertiary/aromatic N) is 2. The van der Waals surface area contributed by atoms with Gasteiger partial charge in [-0.3, -0.25) is 19.7 Å². The number of carbonyl (C=O) groups excluding carboxylic acids is 2. The highest BCUT2D eigenvalue weighted by atomic mass is 16.6. The Labute approximate surface area is 178 Å². The number of amides is 1. The maximum absolute atomic E-state index is 12.9. The van der Waals surface area contributed by atoms with E-state index in [1.807, 2.05) is 0 Å². The van der Waals surface area contributed by atoms with E-state index in [4.69, 9.17) is 9.47 Å². The Hall–Kier alpha value is -3.72. The zero-order valence-corrected chi connectivity index (χ0v) is 17.3. The largest absolute Gasteiger partial charge is 0.507 e. The number of carbonyl (C=O) groups is 2. The van der Waals surface area contributed by atoms with Gasteiger partial charge in [0.25, 0.3) is 17.4 Å². The minimum absolute atomic E-state index is 0.0838. The van der Waals surface area contributed by atoms with E-state index in [2.05, 4.69) is 0 Å². The summed E-state index contributed by atoms with van der Waals surface area (Å²) in [4.78, 5) is 37.4. The summed E-state index contributed by atoms with van der Waals surface area (Å²) in [7, 11) is 3.00. The number of hydrogen-bond acceptors (Lipinski definition) is 7. The minimum atomic E-state index is -0.904. The molecule has 1 saturated heterocycles. The molecule has 0 radical (unpaired) electrons. The summed E-state index contributed by atoms with van der Waals surface area (Å²) < 4.78 is 10.3. The summed E-state index contributed by atoms with van der Waals surface area (Å²) in [5, 5.41) is 22.0. The van der Waals surface area contributed by atoms with E-state index in [9.17, 15) is 24.8 Å². The molecule has 0 spiro atoms. The molecule has 162 valence electrons. The monoisotopic (exact) mass is 426 g/mol. The van der Waals surface area contributed by atoms with Gasteiger partial charge in [-0.1, -0.05) is 0 Å². The van der Waals surface area contributed by atoms with Gasteiger partial charge in [0.2, 0.25) is 0 Å². The van der Waals surface area contributed by atoms with E-state index in [0.29, 0.717) is 16.9 Å². The van der Waals surface area contributed by atoms with E-state index in [1.54, 1.807) is 25.1 Å². The number of methoxy groups -OCH3 is 2. The lowest BCUT2D eigenvalue weighted by Gasteiger charge is -2.25. The van der Waals surface area contributed by atoms with Crippen molar-refractivity contribution in [2.75, 3.05) is 27.4 Å². The van der Waals surface area contributed by atoms with Crippen LogP contribution in [0.25, 0.3) is 5.76 Å². The minimum Gasteiger partial charge on any atom is -0.507 e. The Morgan fingerprint density at radius 2 is 1.84 bits per heavy atom. The molecule has 1 fully saturated rings. The number of hydrogen-bond donors (Lipinski definition) is 1. The fourth-order valence-corrected chi connectivity index (χ4v) is 3.61. The Bertz CT molecular complexity index is 1060. The third-order valence-corrected chi connectivity index (χ3v) is 5.16. The fraction of sp³-hybridized carbons (Fsp3) is 0.273. The molecule has 1 amide bonds. The molecule has 1 N–H and O–H groups in total. The molecule has 2 aromatic carbocycles. The van der Waals surface area contributed by atoms with Gasteiger partial charge in [-0.25, -0.2) is 0 Å². The third-order valence-electron chi connectivity index (χ3n) is 5.16. The summed E-state index contributed by atoms with van der Waals surface area (Å²) in [6, 6.07) is 9.54. The van der Waals surface area contributed by atoms with Crippen LogP contribution in [0.15, 0.2) is 48.0 Å². The van der Waals surface area contributed by atoms with Gasteiger partial charge in [0.15, 0.2) is 0 Å². The van der Waals surface area contributed by atoms with Gasteiger partial charge in [0.05, 0.1) is 30.3 Å². The van der Waals surface area contributed by atoms with Crippen LogP contribution >= 0.6 is 0 Å². The molecule has 1 atom stereocenters. The van der Waals surface area contributed by atoms with Gasteiger partial charge in [-0.05, 0) is 48.4 Å². The smallest absolute Gasteiger partial charge is 0.295 e. The number of ether oxygens (including phenoxy) is 2. The van der Waals surface area contributed by atoms with Crippen molar-refractivity contribution in [3.05, 3.63) is 74.8 Å². The first-order valence-corrected chi connectivity index (χ1v) is 9.46. The molecule has 1 aliphatic rings. The van der Waals surface area contributed by atoms with Crippen LogP contribution in [0.3, 0.4) is 0 Å². The molecule has 31 heavy (non-hydrogen) atoms. The van der Waals surface area contributed by atoms with Crippen molar-refractivity contribution in [2.45, 2.75) is 13.0 Å². The third kappa shape index (κ3) is 4.13. The first-order chi connectivity index (χ1) is 14.8. The molecular weight excluding hydrogens is 404 g/mol. The number of benzene rings is 2. The van der Waals surface area contributed by atoms with Crippen molar-refractivity contribution >= 4 is 23.1 Å². The topological polar surface area (TPSA) is 119 Å². The normalized spacial score (nSPS) is 17.8.